The molecule has 4 rings (SSSR count). The molecule has 0 atom stereocenters. The van der Waals surface area contributed by atoms with Gasteiger partial charge in [0, 0.05) is 28.7 Å². The Labute approximate surface area is 201 Å². The van der Waals surface area contributed by atoms with E-state index in [-0.39, 0.29) is 5.91 Å². The SMILES string of the molecule is Cc1cc(C)c2nc(N(Cc3cccnc3)C(=O)CCCSc3ccc(Cl)cc3)sc2c1. The van der Waals surface area contributed by atoms with Crippen LogP contribution in [0.15, 0.2) is 65.8 Å². The zero-order valence-electron chi connectivity index (χ0n) is 18.0. The van der Waals surface area contributed by atoms with Crippen molar-refractivity contribution in [3.05, 3.63) is 82.6 Å². The van der Waals surface area contributed by atoms with Gasteiger partial charge in [0.25, 0.3) is 0 Å². The van der Waals surface area contributed by atoms with E-state index in [1.165, 1.54) is 5.56 Å². The van der Waals surface area contributed by atoms with Gasteiger partial charge in [-0.15, -0.1) is 11.8 Å². The molecule has 0 fully saturated rings. The van der Waals surface area contributed by atoms with E-state index in [1.807, 2.05) is 41.3 Å². The Hall–Kier alpha value is -2.41. The minimum absolute atomic E-state index is 0.0824. The first-order valence-electron chi connectivity index (χ1n) is 10.4. The maximum absolute atomic E-state index is 13.3. The highest BCUT2D eigenvalue weighted by Crippen LogP contribution is 2.33. The highest BCUT2D eigenvalue weighted by atomic mass is 35.5. The third kappa shape index (κ3) is 5.68. The molecule has 0 aliphatic heterocycles. The second-order valence-corrected chi connectivity index (χ2v) is 10.3. The third-order valence-electron chi connectivity index (χ3n) is 5.03. The van der Waals surface area contributed by atoms with Crippen molar-refractivity contribution in [1.29, 1.82) is 0 Å². The standard InChI is InChI=1S/C25H24ClN3OS2/c1-17-13-18(2)24-22(14-17)32-25(28-24)29(16-19-5-3-11-27-15-19)23(30)6-4-12-31-21-9-7-20(26)8-10-21/h3,5,7-11,13-15H,4,6,12,16H2,1-2H3. The fraction of sp³-hybridized carbons (Fsp3) is 0.240. The smallest absolute Gasteiger partial charge is 0.229 e. The van der Waals surface area contributed by atoms with Crippen LogP contribution in [0.4, 0.5) is 5.13 Å². The first-order valence-corrected chi connectivity index (χ1v) is 12.6. The number of benzene rings is 2. The summed E-state index contributed by atoms with van der Waals surface area (Å²) >= 11 is 9.27. The van der Waals surface area contributed by atoms with Crippen LogP contribution in [-0.4, -0.2) is 21.6 Å². The molecule has 2 aromatic carbocycles. The van der Waals surface area contributed by atoms with Gasteiger partial charge >= 0.3 is 0 Å². The van der Waals surface area contributed by atoms with Crippen molar-refractivity contribution in [2.24, 2.45) is 0 Å². The molecule has 0 bridgehead atoms. The number of anilines is 1. The van der Waals surface area contributed by atoms with Crippen molar-refractivity contribution in [3.8, 4) is 0 Å². The molecule has 0 spiro atoms. The van der Waals surface area contributed by atoms with Crippen LogP contribution in [-0.2, 0) is 11.3 Å². The lowest BCUT2D eigenvalue weighted by Crippen LogP contribution is -2.30. The molecule has 4 nitrogen and oxygen atoms in total. The summed E-state index contributed by atoms with van der Waals surface area (Å²) in [7, 11) is 0. The number of hydrogen-bond donors (Lipinski definition) is 0. The number of nitrogens with zero attached hydrogens (tertiary/aromatic N) is 3. The summed E-state index contributed by atoms with van der Waals surface area (Å²) < 4.78 is 1.11. The molecule has 0 N–H and O–H groups in total. The van der Waals surface area contributed by atoms with E-state index in [1.54, 1.807) is 35.5 Å². The predicted octanol–water partition coefficient (Wildman–Crippen LogP) is 7.07. The van der Waals surface area contributed by atoms with Crippen LogP contribution in [0.1, 0.15) is 29.5 Å². The summed E-state index contributed by atoms with van der Waals surface area (Å²) in [5, 5.41) is 1.48. The molecular formula is C25H24ClN3OS2. The van der Waals surface area contributed by atoms with E-state index in [4.69, 9.17) is 16.6 Å². The number of fused-ring (bicyclic) bond motifs is 1. The number of amides is 1. The summed E-state index contributed by atoms with van der Waals surface area (Å²) in [6, 6.07) is 16.0. The molecule has 164 valence electrons. The average molecular weight is 482 g/mol. The first kappa shape index (κ1) is 22.8. The van der Waals surface area contributed by atoms with E-state index in [9.17, 15) is 4.79 Å². The van der Waals surface area contributed by atoms with Crippen molar-refractivity contribution in [3.63, 3.8) is 0 Å². The number of carbonyl (C=O) groups excluding carboxylic acids is 1. The molecule has 0 saturated carbocycles. The lowest BCUT2D eigenvalue weighted by Gasteiger charge is -2.20. The van der Waals surface area contributed by atoms with Gasteiger partial charge in [0.05, 0.1) is 16.8 Å². The molecule has 0 aliphatic carbocycles. The molecule has 2 aromatic heterocycles. The highest BCUT2D eigenvalue weighted by molar-refractivity contribution is 7.99. The van der Waals surface area contributed by atoms with Crippen molar-refractivity contribution in [1.82, 2.24) is 9.97 Å². The number of carbonyl (C=O) groups is 1. The molecule has 32 heavy (non-hydrogen) atoms. The molecule has 0 radical (unpaired) electrons. The monoisotopic (exact) mass is 481 g/mol. The van der Waals surface area contributed by atoms with Gasteiger partial charge in [-0.3, -0.25) is 14.7 Å². The number of hydrogen-bond acceptors (Lipinski definition) is 5. The molecule has 2 heterocycles. The average Bonchev–Trinajstić information content (AvgIpc) is 3.21. The topological polar surface area (TPSA) is 46.1 Å². The van der Waals surface area contributed by atoms with E-state index in [0.717, 1.165) is 48.6 Å². The number of thiazole rings is 1. The largest absolute Gasteiger partial charge is 0.284 e. The minimum atomic E-state index is 0.0824. The lowest BCUT2D eigenvalue weighted by atomic mass is 10.1. The summed E-state index contributed by atoms with van der Waals surface area (Å²) in [5.41, 5.74) is 4.30. The Morgan fingerprint density at radius 2 is 1.97 bits per heavy atom. The Kier molecular flexibility index (Phi) is 7.45. The zero-order valence-corrected chi connectivity index (χ0v) is 20.4. The zero-order chi connectivity index (χ0) is 22.5. The number of halogens is 1. The van der Waals surface area contributed by atoms with Gasteiger partial charge in [-0.2, -0.15) is 0 Å². The molecule has 0 aliphatic rings. The van der Waals surface area contributed by atoms with Gasteiger partial charge in [-0.05, 0) is 79.1 Å². The predicted molar refractivity (Wildman–Crippen MR) is 136 cm³/mol. The summed E-state index contributed by atoms with van der Waals surface area (Å²) in [6.07, 6.45) is 4.81. The van der Waals surface area contributed by atoms with Crippen LogP contribution < -0.4 is 4.90 Å². The Balaban J connectivity index is 1.49. The summed E-state index contributed by atoms with van der Waals surface area (Å²) in [6.45, 7) is 4.62. The Morgan fingerprint density at radius 3 is 2.72 bits per heavy atom. The molecular weight excluding hydrogens is 458 g/mol. The van der Waals surface area contributed by atoms with Gasteiger partial charge < -0.3 is 0 Å². The third-order valence-corrected chi connectivity index (χ3v) is 7.41. The highest BCUT2D eigenvalue weighted by Gasteiger charge is 2.21. The van der Waals surface area contributed by atoms with Crippen molar-refractivity contribution in [2.45, 2.75) is 38.1 Å². The van der Waals surface area contributed by atoms with Gasteiger partial charge in [-0.25, -0.2) is 4.98 Å². The maximum atomic E-state index is 13.3. The van der Waals surface area contributed by atoms with Gasteiger partial charge in [0.1, 0.15) is 0 Å². The second-order valence-electron chi connectivity index (χ2n) is 7.67. The Bertz CT molecular complexity index is 1210. The number of thioether (sulfide) groups is 1. The number of aryl methyl sites for hydroxylation is 2. The van der Waals surface area contributed by atoms with E-state index in [0.29, 0.717) is 13.0 Å². The lowest BCUT2D eigenvalue weighted by molar-refractivity contribution is -0.118. The van der Waals surface area contributed by atoms with Crippen molar-refractivity contribution >= 4 is 56.0 Å². The van der Waals surface area contributed by atoms with Crippen LogP contribution in [0.2, 0.25) is 5.02 Å². The second kappa shape index (κ2) is 10.5. The fourth-order valence-electron chi connectivity index (χ4n) is 3.49. The number of pyridine rings is 1. The van der Waals surface area contributed by atoms with E-state index < -0.39 is 0 Å². The van der Waals surface area contributed by atoms with Gasteiger partial charge in [0.2, 0.25) is 5.91 Å². The molecule has 0 unspecified atom stereocenters. The number of aromatic nitrogens is 2. The molecule has 1 amide bonds. The molecule has 7 heteroatoms. The number of rotatable bonds is 8. The quantitative estimate of drug-likeness (QED) is 0.199. The van der Waals surface area contributed by atoms with Crippen LogP contribution in [0.5, 0.6) is 0 Å². The van der Waals surface area contributed by atoms with Crippen LogP contribution in [0.3, 0.4) is 0 Å². The normalized spacial score (nSPS) is 11.1. The van der Waals surface area contributed by atoms with Gasteiger partial charge in [-0.1, -0.05) is 35.1 Å². The minimum Gasteiger partial charge on any atom is -0.284 e. The summed E-state index contributed by atoms with van der Waals surface area (Å²) in [5.74, 6) is 0.950. The summed E-state index contributed by atoms with van der Waals surface area (Å²) in [4.78, 5) is 25.3. The maximum Gasteiger partial charge on any atom is 0.229 e. The van der Waals surface area contributed by atoms with Crippen molar-refractivity contribution < 1.29 is 4.79 Å². The van der Waals surface area contributed by atoms with E-state index >= 15 is 0 Å². The Morgan fingerprint density at radius 1 is 1.16 bits per heavy atom. The van der Waals surface area contributed by atoms with E-state index in [2.05, 4.69) is 31.0 Å². The molecule has 4 aromatic rings. The fourth-order valence-corrected chi connectivity index (χ4v) is 5.63. The molecule has 0 saturated heterocycles. The first-order chi connectivity index (χ1) is 15.5. The van der Waals surface area contributed by atoms with Crippen LogP contribution >= 0.6 is 34.7 Å². The van der Waals surface area contributed by atoms with Gasteiger partial charge in [0.15, 0.2) is 5.13 Å². The van der Waals surface area contributed by atoms with Crippen LogP contribution in [0, 0.1) is 13.8 Å². The van der Waals surface area contributed by atoms with Crippen molar-refractivity contribution in [2.75, 3.05) is 10.7 Å². The van der Waals surface area contributed by atoms with Crippen LogP contribution in [0.25, 0.3) is 10.2 Å².